The van der Waals surface area contributed by atoms with Crippen molar-refractivity contribution >= 4 is 5.91 Å². The van der Waals surface area contributed by atoms with Crippen LogP contribution in [0.4, 0.5) is 0 Å². The van der Waals surface area contributed by atoms with E-state index in [2.05, 4.69) is 15.5 Å². The summed E-state index contributed by atoms with van der Waals surface area (Å²) in [7, 11) is 0. The summed E-state index contributed by atoms with van der Waals surface area (Å²) in [5, 5.41) is 21.0. The number of carbonyl (C=O) groups excluding carboxylic acids is 1. The van der Waals surface area contributed by atoms with Crippen molar-refractivity contribution in [3.8, 4) is 11.5 Å². The summed E-state index contributed by atoms with van der Waals surface area (Å²) < 4.78 is 5.35. The molecule has 122 valence electrons. The van der Waals surface area contributed by atoms with Crippen LogP contribution in [0, 0.1) is 6.92 Å². The van der Waals surface area contributed by atoms with E-state index >= 15 is 0 Å². The highest BCUT2D eigenvalue weighted by atomic mass is 16.4. The molecular formula is C17H21N3O3. The number of amides is 1. The van der Waals surface area contributed by atoms with E-state index in [0.717, 1.165) is 37.7 Å². The van der Waals surface area contributed by atoms with Gasteiger partial charge in [-0.15, -0.1) is 10.2 Å². The van der Waals surface area contributed by atoms with E-state index in [9.17, 15) is 9.90 Å². The van der Waals surface area contributed by atoms with Crippen molar-refractivity contribution in [2.75, 3.05) is 6.54 Å². The topological polar surface area (TPSA) is 88.2 Å². The monoisotopic (exact) mass is 315 g/mol. The van der Waals surface area contributed by atoms with E-state index in [1.165, 1.54) is 0 Å². The van der Waals surface area contributed by atoms with Crippen LogP contribution in [0.5, 0.6) is 0 Å². The van der Waals surface area contributed by atoms with Crippen LogP contribution in [0.15, 0.2) is 28.7 Å². The molecule has 1 aliphatic carbocycles. The Labute approximate surface area is 134 Å². The highest BCUT2D eigenvalue weighted by Gasteiger charge is 2.29. The molecule has 1 fully saturated rings. The first kappa shape index (κ1) is 15.7. The van der Waals surface area contributed by atoms with Gasteiger partial charge < -0.3 is 14.8 Å². The highest BCUT2D eigenvalue weighted by Crippen LogP contribution is 2.27. The average molecular weight is 315 g/mol. The fraction of sp³-hybridized carbons (Fsp3) is 0.471. The van der Waals surface area contributed by atoms with Crippen LogP contribution in [-0.4, -0.2) is 33.4 Å². The molecule has 1 aromatic carbocycles. The number of hydrogen-bond donors (Lipinski definition) is 2. The molecule has 2 aromatic rings. The van der Waals surface area contributed by atoms with Gasteiger partial charge >= 0.3 is 0 Å². The van der Waals surface area contributed by atoms with Gasteiger partial charge in [0.1, 0.15) is 0 Å². The zero-order valence-electron chi connectivity index (χ0n) is 13.2. The summed E-state index contributed by atoms with van der Waals surface area (Å²) in [5.41, 5.74) is 0.562. The summed E-state index contributed by atoms with van der Waals surface area (Å²) >= 11 is 0. The Balaban J connectivity index is 1.61. The first-order valence-corrected chi connectivity index (χ1v) is 7.97. The van der Waals surface area contributed by atoms with E-state index in [-0.39, 0.29) is 5.91 Å². The summed E-state index contributed by atoms with van der Waals surface area (Å²) in [6, 6.07) is 6.98. The number of aliphatic hydroxyl groups is 1. The predicted octanol–water partition coefficient (Wildman–Crippen LogP) is 2.47. The molecule has 1 amide bonds. The average Bonchev–Trinajstić information content (AvgIpc) is 3.00. The van der Waals surface area contributed by atoms with Gasteiger partial charge in [-0.05, 0) is 37.1 Å². The zero-order valence-corrected chi connectivity index (χ0v) is 13.2. The molecule has 1 aromatic heterocycles. The van der Waals surface area contributed by atoms with Gasteiger partial charge in [-0.3, -0.25) is 4.79 Å². The van der Waals surface area contributed by atoms with Crippen LogP contribution in [0.1, 0.15) is 48.4 Å². The minimum absolute atomic E-state index is 0.183. The Hall–Kier alpha value is -2.21. The van der Waals surface area contributed by atoms with Crippen molar-refractivity contribution in [1.82, 2.24) is 15.5 Å². The molecule has 0 spiro atoms. The second-order valence-corrected chi connectivity index (χ2v) is 6.17. The number of nitrogens with zero attached hydrogens (tertiary/aromatic N) is 2. The predicted molar refractivity (Wildman–Crippen MR) is 84.8 cm³/mol. The number of aromatic nitrogens is 2. The maximum atomic E-state index is 12.2. The van der Waals surface area contributed by atoms with Gasteiger partial charge in [0.05, 0.1) is 5.60 Å². The number of nitrogens with one attached hydrogen (secondary N) is 1. The molecule has 0 radical (unpaired) electrons. The second kappa shape index (κ2) is 6.50. The summed E-state index contributed by atoms with van der Waals surface area (Å²) in [6.45, 7) is 2.03. The number of aryl methyl sites for hydroxylation is 1. The van der Waals surface area contributed by atoms with Crippen LogP contribution in [0.25, 0.3) is 11.5 Å². The van der Waals surface area contributed by atoms with E-state index in [1.54, 1.807) is 31.2 Å². The number of hydrogen-bond acceptors (Lipinski definition) is 5. The Morgan fingerprint density at radius 3 is 2.52 bits per heavy atom. The smallest absolute Gasteiger partial charge is 0.251 e. The Kier molecular flexibility index (Phi) is 4.43. The van der Waals surface area contributed by atoms with Crippen molar-refractivity contribution < 1.29 is 14.3 Å². The van der Waals surface area contributed by atoms with Gasteiger partial charge in [0, 0.05) is 24.6 Å². The fourth-order valence-electron chi connectivity index (χ4n) is 2.91. The number of rotatable bonds is 4. The maximum absolute atomic E-state index is 12.2. The zero-order chi connectivity index (χ0) is 16.3. The largest absolute Gasteiger partial charge is 0.421 e. The molecule has 1 heterocycles. The summed E-state index contributed by atoms with van der Waals surface area (Å²) in [4.78, 5) is 12.2. The van der Waals surface area contributed by atoms with Crippen LogP contribution in [0.3, 0.4) is 0 Å². The lowest BCUT2D eigenvalue weighted by molar-refractivity contribution is 0.00526. The van der Waals surface area contributed by atoms with Crippen molar-refractivity contribution in [1.29, 1.82) is 0 Å². The van der Waals surface area contributed by atoms with Gasteiger partial charge in [0.15, 0.2) is 0 Å². The second-order valence-electron chi connectivity index (χ2n) is 6.17. The van der Waals surface area contributed by atoms with Crippen LogP contribution < -0.4 is 5.32 Å². The van der Waals surface area contributed by atoms with Gasteiger partial charge in [-0.1, -0.05) is 19.3 Å². The molecule has 1 saturated carbocycles. The van der Waals surface area contributed by atoms with Crippen LogP contribution >= 0.6 is 0 Å². The molecule has 1 aliphatic rings. The number of benzene rings is 1. The molecule has 3 rings (SSSR count). The standard InChI is InChI=1S/C17H21N3O3/c1-12-19-20-16(23-12)14-7-5-13(6-8-14)15(21)18-11-17(22)9-3-2-4-10-17/h5-8,22H,2-4,9-11H2,1H3,(H,18,21). The molecule has 23 heavy (non-hydrogen) atoms. The van der Waals surface area contributed by atoms with E-state index < -0.39 is 5.60 Å². The first-order valence-electron chi connectivity index (χ1n) is 7.97. The lowest BCUT2D eigenvalue weighted by Crippen LogP contribution is -2.44. The minimum atomic E-state index is -0.755. The number of carbonyl (C=O) groups is 1. The van der Waals surface area contributed by atoms with Crippen molar-refractivity contribution in [3.63, 3.8) is 0 Å². The third-order valence-electron chi connectivity index (χ3n) is 4.28. The molecule has 0 bridgehead atoms. The SMILES string of the molecule is Cc1nnc(-c2ccc(C(=O)NCC3(O)CCCCC3)cc2)o1. The van der Waals surface area contributed by atoms with Gasteiger partial charge in [-0.2, -0.15) is 0 Å². The minimum Gasteiger partial charge on any atom is -0.421 e. The third kappa shape index (κ3) is 3.76. The lowest BCUT2D eigenvalue weighted by Gasteiger charge is -2.32. The molecule has 2 N–H and O–H groups in total. The van der Waals surface area contributed by atoms with Crippen LogP contribution in [-0.2, 0) is 0 Å². The molecular weight excluding hydrogens is 294 g/mol. The lowest BCUT2D eigenvalue weighted by atomic mass is 9.85. The Morgan fingerprint density at radius 2 is 1.91 bits per heavy atom. The molecule has 0 unspecified atom stereocenters. The van der Waals surface area contributed by atoms with E-state index in [4.69, 9.17) is 4.42 Å². The van der Waals surface area contributed by atoms with Crippen molar-refractivity contribution in [2.45, 2.75) is 44.6 Å². The summed E-state index contributed by atoms with van der Waals surface area (Å²) in [6.07, 6.45) is 4.70. The molecule has 6 heteroatoms. The van der Waals surface area contributed by atoms with Crippen molar-refractivity contribution in [2.24, 2.45) is 0 Å². The normalized spacial score (nSPS) is 17.0. The molecule has 0 atom stereocenters. The van der Waals surface area contributed by atoms with Gasteiger partial charge in [-0.25, -0.2) is 0 Å². The maximum Gasteiger partial charge on any atom is 0.251 e. The van der Waals surface area contributed by atoms with Crippen LogP contribution in [0.2, 0.25) is 0 Å². The molecule has 0 saturated heterocycles. The summed E-state index contributed by atoms with van der Waals surface area (Å²) in [5.74, 6) is 0.755. The Bertz CT molecular complexity index is 673. The van der Waals surface area contributed by atoms with Gasteiger partial charge in [0.2, 0.25) is 11.8 Å². The van der Waals surface area contributed by atoms with Crippen molar-refractivity contribution in [3.05, 3.63) is 35.7 Å². The molecule has 6 nitrogen and oxygen atoms in total. The quantitative estimate of drug-likeness (QED) is 0.905. The molecule has 0 aliphatic heterocycles. The van der Waals surface area contributed by atoms with Gasteiger partial charge in [0.25, 0.3) is 5.91 Å². The van der Waals surface area contributed by atoms with E-state index in [1.807, 2.05) is 0 Å². The van der Waals surface area contributed by atoms with E-state index in [0.29, 0.717) is 23.9 Å². The highest BCUT2D eigenvalue weighted by molar-refractivity contribution is 5.94. The Morgan fingerprint density at radius 1 is 1.22 bits per heavy atom. The fourth-order valence-corrected chi connectivity index (χ4v) is 2.91. The first-order chi connectivity index (χ1) is 11.1. The third-order valence-corrected chi connectivity index (χ3v) is 4.28.